The average Bonchev–Trinajstić information content (AvgIpc) is 3.04. The number of nitrogens with zero attached hydrogens (tertiary/aromatic N) is 1. The molecule has 6 nitrogen and oxygen atoms in total. The van der Waals surface area contributed by atoms with Gasteiger partial charge in [0.05, 0.1) is 12.2 Å². The van der Waals surface area contributed by atoms with E-state index in [1.165, 1.54) is 0 Å². The van der Waals surface area contributed by atoms with Gasteiger partial charge in [-0.05, 0) is 12.1 Å². The molecular weight excluding hydrogens is 353 g/mol. The molecule has 1 aliphatic heterocycles. The van der Waals surface area contributed by atoms with Crippen molar-refractivity contribution < 1.29 is 32.9 Å². The van der Waals surface area contributed by atoms with Crippen LogP contribution in [0.3, 0.4) is 0 Å². The Morgan fingerprint density at radius 2 is 1.85 bits per heavy atom. The average molecular weight is 368 g/mol. The first kappa shape index (κ1) is 19.1. The number of alkyl halides is 3. The molecule has 0 fully saturated rings. The Morgan fingerprint density at radius 3 is 2.42 bits per heavy atom. The minimum Gasteiger partial charge on any atom is -0.504 e. The zero-order valence-electron chi connectivity index (χ0n) is 13.3. The normalized spacial score (nSPS) is 13.3. The number of phenolic OH excluding ortho intramolecular Hbond substituents is 1. The predicted molar refractivity (Wildman–Crippen MR) is 87.5 cm³/mol. The van der Waals surface area contributed by atoms with Crippen molar-refractivity contribution in [2.45, 2.75) is 12.6 Å². The number of carbonyl (C=O) groups is 1. The Balaban J connectivity index is 0.000000190. The van der Waals surface area contributed by atoms with Crippen LogP contribution in [0.25, 0.3) is 0 Å². The Bertz CT molecular complexity index is 821. The Hall–Kier alpha value is -3.23. The minimum absolute atomic E-state index is 0.0168. The van der Waals surface area contributed by atoms with Crippen molar-refractivity contribution in [2.24, 2.45) is 10.7 Å². The molecule has 0 spiro atoms. The van der Waals surface area contributed by atoms with E-state index in [9.17, 15) is 23.1 Å². The van der Waals surface area contributed by atoms with E-state index in [2.05, 4.69) is 4.99 Å². The molecular formula is C17H15F3N2O4. The summed E-state index contributed by atoms with van der Waals surface area (Å²) in [6.45, 7) is 0.324. The molecule has 26 heavy (non-hydrogen) atoms. The summed E-state index contributed by atoms with van der Waals surface area (Å²) < 4.78 is 41.8. The molecule has 0 aromatic heterocycles. The number of benzene rings is 2. The number of rotatable bonds is 1. The molecule has 2 aromatic rings. The second-order valence-corrected chi connectivity index (χ2v) is 5.23. The lowest BCUT2D eigenvalue weighted by molar-refractivity contribution is -0.137. The van der Waals surface area contributed by atoms with Crippen LogP contribution in [0, 0.1) is 0 Å². The molecule has 138 valence electrons. The molecule has 1 heterocycles. The van der Waals surface area contributed by atoms with Gasteiger partial charge in [0.2, 0.25) is 0 Å². The van der Waals surface area contributed by atoms with Gasteiger partial charge in [-0.2, -0.15) is 18.2 Å². The fraction of sp³-hybridized carbons (Fsp3) is 0.176. The maximum absolute atomic E-state index is 12.3. The summed E-state index contributed by atoms with van der Waals surface area (Å²) in [7, 11) is 0. The van der Waals surface area contributed by atoms with Crippen molar-refractivity contribution in [3.63, 3.8) is 0 Å². The van der Waals surface area contributed by atoms with Crippen LogP contribution in [0.5, 0.6) is 11.5 Å². The van der Waals surface area contributed by atoms with E-state index in [4.69, 9.17) is 15.6 Å². The first-order valence-corrected chi connectivity index (χ1v) is 7.37. The number of hydrogen-bond acceptors (Lipinski definition) is 3. The number of fused-ring (bicyclic) bond motifs is 1. The summed E-state index contributed by atoms with van der Waals surface area (Å²) >= 11 is 0. The largest absolute Gasteiger partial charge is 0.504 e. The number of hydrogen-bond donors (Lipinski definition) is 3. The van der Waals surface area contributed by atoms with E-state index in [1.807, 2.05) is 6.07 Å². The standard InChI is InChI=1S/C9H7F3O2.C8H8N2O2/c10-9(11,12)6-3-5-1-2-14-8(5)7(13)4-6;9-7(10-8(11)12)6-4-2-1-3-5-6/h3-4,13H,1-2H2;1-5H,(H2,9,10)(H,11,12). The molecule has 0 radical (unpaired) electrons. The molecule has 1 aliphatic rings. The lowest BCUT2D eigenvalue weighted by Gasteiger charge is -2.09. The second-order valence-electron chi connectivity index (χ2n) is 5.23. The quantitative estimate of drug-likeness (QED) is 0.528. The number of amidine groups is 1. The van der Waals surface area contributed by atoms with Crippen molar-refractivity contribution in [2.75, 3.05) is 6.61 Å². The van der Waals surface area contributed by atoms with Crippen molar-refractivity contribution >= 4 is 11.9 Å². The molecule has 0 atom stereocenters. The van der Waals surface area contributed by atoms with E-state index in [0.717, 1.165) is 6.07 Å². The summed E-state index contributed by atoms with van der Waals surface area (Å²) in [5, 5.41) is 17.5. The first-order chi connectivity index (χ1) is 12.2. The number of nitrogens with two attached hydrogens (primary N) is 1. The molecule has 0 saturated carbocycles. The number of carboxylic acid groups (broad SMARTS) is 1. The van der Waals surface area contributed by atoms with Crippen LogP contribution < -0.4 is 10.5 Å². The Morgan fingerprint density at radius 1 is 1.19 bits per heavy atom. The molecule has 4 N–H and O–H groups in total. The van der Waals surface area contributed by atoms with Gasteiger partial charge in [0.1, 0.15) is 5.84 Å². The third kappa shape index (κ3) is 4.88. The highest BCUT2D eigenvalue weighted by molar-refractivity contribution is 6.02. The first-order valence-electron chi connectivity index (χ1n) is 7.37. The highest BCUT2D eigenvalue weighted by atomic mass is 19.4. The van der Waals surface area contributed by atoms with Gasteiger partial charge < -0.3 is 20.7 Å². The van der Waals surface area contributed by atoms with E-state index in [1.54, 1.807) is 24.3 Å². The third-order valence-electron chi connectivity index (χ3n) is 3.38. The highest BCUT2D eigenvalue weighted by Crippen LogP contribution is 2.40. The maximum atomic E-state index is 12.3. The van der Waals surface area contributed by atoms with Gasteiger partial charge in [0.15, 0.2) is 11.5 Å². The fourth-order valence-corrected chi connectivity index (χ4v) is 2.23. The lowest BCUT2D eigenvalue weighted by Crippen LogP contribution is -2.14. The third-order valence-corrected chi connectivity index (χ3v) is 3.38. The topological polar surface area (TPSA) is 105 Å². The van der Waals surface area contributed by atoms with Gasteiger partial charge in [-0.15, -0.1) is 0 Å². The zero-order valence-corrected chi connectivity index (χ0v) is 13.3. The Labute approximate surface area is 146 Å². The predicted octanol–water partition coefficient (Wildman–Crippen LogP) is 3.42. The van der Waals surface area contributed by atoms with Gasteiger partial charge in [-0.25, -0.2) is 4.79 Å². The minimum atomic E-state index is -4.42. The van der Waals surface area contributed by atoms with Crippen LogP contribution in [-0.2, 0) is 12.6 Å². The maximum Gasteiger partial charge on any atom is 0.433 e. The van der Waals surface area contributed by atoms with Crippen molar-refractivity contribution in [3.05, 3.63) is 59.2 Å². The summed E-state index contributed by atoms with van der Waals surface area (Å²) in [5.41, 5.74) is 5.56. The van der Waals surface area contributed by atoms with Crippen molar-refractivity contribution in [1.82, 2.24) is 0 Å². The van der Waals surface area contributed by atoms with Crippen LogP contribution in [0.2, 0.25) is 0 Å². The van der Waals surface area contributed by atoms with Gasteiger partial charge >= 0.3 is 12.3 Å². The van der Waals surface area contributed by atoms with Crippen LogP contribution in [0.4, 0.5) is 18.0 Å². The van der Waals surface area contributed by atoms with Crippen LogP contribution in [0.1, 0.15) is 16.7 Å². The second kappa shape index (κ2) is 7.77. The molecule has 1 amide bonds. The van der Waals surface area contributed by atoms with Gasteiger partial charge in [0.25, 0.3) is 0 Å². The molecule has 9 heteroatoms. The molecule has 0 unspecified atom stereocenters. The molecule has 2 aromatic carbocycles. The van der Waals surface area contributed by atoms with Crippen molar-refractivity contribution in [3.8, 4) is 11.5 Å². The van der Waals surface area contributed by atoms with Crippen LogP contribution >= 0.6 is 0 Å². The number of phenols is 1. The fourth-order valence-electron chi connectivity index (χ4n) is 2.23. The monoisotopic (exact) mass is 368 g/mol. The van der Waals surface area contributed by atoms with E-state index in [-0.39, 0.29) is 11.6 Å². The highest BCUT2D eigenvalue weighted by Gasteiger charge is 2.33. The zero-order chi connectivity index (χ0) is 19.3. The number of ether oxygens (including phenoxy) is 1. The van der Waals surface area contributed by atoms with Gasteiger partial charge in [-0.1, -0.05) is 30.3 Å². The van der Waals surface area contributed by atoms with Gasteiger partial charge in [-0.3, -0.25) is 0 Å². The number of aromatic hydroxyl groups is 1. The van der Waals surface area contributed by atoms with E-state index < -0.39 is 23.6 Å². The smallest absolute Gasteiger partial charge is 0.433 e. The summed E-state index contributed by atoms with van der Waals surface area (Å²) in [5.74, 6) is -0.242. The SMILES string of the molecule is N/C(=N\C(=O)O)c1ccccc1.Oc1cc(C(F)(F)F)cc2c1OCC2. The van der Waals surface area contributed by atoms with Crippen molar-refractivity contribution in [1.29, 1.82) is 0 Å². The molecule has 0 aliphatic carbocycles. The van der Waals surface area contributed by atoms with Gasteiger partial charge in [0, 0.05) is 17.5 Å². The molecule has 0 bridgehead atoms. The summed E-state index contributed by atoms with van der Waals surface area (Å²) in [6, 6.07) is 10.4. The van der Waals surface area contributed by atoms with Crippen LogP contribution in [-0.4, -0.2) is 28.7 Å². The van der Waals surface area contributed by atoms with E-state index in [0.29, 0.717) is 30.2 Å². The number of halogens is 3. The summed E-state index contributed by atoms with van der Waals surface area (Å²) in [6.07, 6.45) is -5.29. The van der Waals surface area contributed by atoms with E-state index >= 15 is 0 Å². The summed E-state index contributed by atoms with van der Waals surface area (Å²) in [4.78, 5) is 13.3. The number of aliphatic imine (C=N–C) groups is 1. The Kier molecular flexibility index (Phi) is 5.71. The number of amides is 1. The van der Waals surface area contributed by atoms with Crippen LogP contribution in [0.15, 0.2) is 47.5 Å². The molecule has 0 saturated heterocycles. The lowest BCUT2D eigenvalue weighted by atomic mass is 10.1. The molecule has 3 rings (SSSR count).